The zero-order valence-electron chi connectivity index (χ0n) is 27.1. The molecule has 4 heterocycles. The topological polar surface area (TPSA) is 45.5 Å². The van der Waals surface area contributed by atoms with Crippen molar-refractivity contribution in [3.63, 3.8) is 0 Å². The molecule has 236 valence electrons. The molecule has 0 atom stereocenters. The van der Waals surface area contributed by atoms with E-state index in [4.69, 9.17) is 0 Å². The summed E-state index contributed by atoms with van der Waals surface area (Å²) in [4.78, 5) is 7.32. The average molecular weight is 882 g/mol. The number of hydrogen-bond donors (Lipinski definition) is 0. The van der Waals surface area contributed by atoms with Crippen LogP contribution in [0.2, 0.25) is 0 Å². The molecular formula is C32H58N6Y4-8. The molecule has 4 radical (unpaired) electrons. The maximum absolute atomic E-state index is 3.66. The monoisotopic (exact) mass is 882 g/mol. The molecular weight excluding hydrogens is 824 g/mol. The molecule has 0 fully saturated rings. The molecule has 0 unspecified atom stereocenters. The first-order valence-electron chi connectivity index (χ1n) is 11.8. The van der Waals surface area contributed by atoms with Crippen LogP contribution in [-0.2, 0) is 159 Å². The Balaban J connectivity index is -0.0000000349. The summed E-state index contributed by atoms with van der Waals surface area (Å²) in [5, 5.41) is 0. The third kappa shape index (κ3) is 78.2. The Hall–Kier alpha value is 1.40. The van der Waals surface area contributed by atoms with Gasteiger partial charge in [-0.25, -0.2) is 24.3 Å². The molecule has 6 nitrogen and oxygen atoms in total. The predicted octanol–water partition coefficient (Wildman–Crippen LogP) is 8.28. The molecule has 0 amide bonds. The maximum atomic E-state index is 3.66. The van der Waals surface area contributed by atoms with Crippen LogP contribution < -0.4 is 0 Å². The molecule has 0 aliphatic heterocycles. The Kier molecular flexibility index (Phi) is 108. The number of aryl methyl sites for hydroxylation is 4. The quantitative estimate of drug-likeness (QED) is 0.167. The Morgan fingerprint density at radius 2 is 0.690 bits per heavy atom. The first-order chi connectivity index (χ1) is 17.2. The van der Waals surface area contributed by atoms with Crippen molar-refractivity contribution >= 4 is 0 Å². The molecule has 4 rings (SSSR count). The van der Waals surface area contributed by atoms with Crippen LogP contribution in [-0.4, -0.2) is 28.2 Å². The number of hydrogen-bond acceptors (Lipinski definition) is 2. The van der Waals surface area contributed by atoms with Crippen LogP contribution in [0.3, 0.4) is 0 Å². The second-order valence-corrected chi connectivity index (χ2v) is 7.20. The minimum absolute atomic E-state index is 0. The molecule has 42 heavy (non-hydrogen) atoms. The number of rotatable bonds is 0. The van der Waals surface area contributed by atoms with E-state index in [9.17, 15) is 0 Å². The fourth-order valence-electron chi connectivity index (χ4n) is 1.29. The van der Waals surface area contributed by atoms with Gasteiger partial charge >= 0.3 is 0 Å². The standard InChI is InChI=1S/2C5H6N.2C4H5N2.4C3H7.2CH4.4Y/c2*1-6-4-2-3-5-6;2*1-6-3-2-5-4-6;4*1-3-2;;;;;;/h2*2,4-5H,1H3;2*3-4H,1H3;4*3H,1-2H3;2*1H4;;;;/q8*-1;;;;;;. The summed E-state index contributed by atoms with van der Waals surface area (Å²) < 4.78 is 7.56. The first-order valence-corrected chi connectivity index (χ1v) is 11.8. The van der Waals surface area contributed by atoms with Gasteiger partial charge in [-0.15, -0.1) is 37.2 Å². The van der Waals surface area contributed by atoms with E-state index in [1.165, 1.54) is 0 Å². The molecule has 0 saturated carbocycles. The molecule has 0 aliphatic rings. The summed E-state index contributed by atoms with van der Waals surface area (Å²) >= 11 is 0. The minimum atomic E-state index is 0. The van der Waals surface area contributed by atoms with Crippen LogP contribution in [0.15, 0.2) is 62.0 Å². The molecule has 0 N–H and O–H groups in total. The SMILES string of the molecule is C.C.C[CH-]C.C[CH-]C.C[CH-]C.C[CH-]C.Cn1c[c-]cc1.Cn1c[c-]cc1.Cn1c[c-]nc1.Cn1c[c-]nc1.[Y].[Y].[Y].[Y]. The van der Waals surface area contributed by atoms with Crippen molar-refractivity contribution in [2.24, 2.45) is 28.2 Å². The van der Waals surface area contributed by atoms with E-state index in [1.807, 2.05) is 164 Å². The third-order valence-corrected chi connectivity index (χ3v) is 2.52. The minimum Gasteiger partial charge on any atom is -0.451 e. The van der Waals surface area contributed by atoms with Gasteiger partial charge in [0.15, 0.2) is 0 Å². The van der Waals surface area contributed by atoms with Gasteiger partial charge in [0, 0.05) is 131 Å². The predicted molar refractivity (Wildman–Crippen MR) is 169 cm³/mol. The fraction of sp³-hybridized carbons (Fsp3) is 0.438. The van der Waals surface area contributed by atoms with Gasteiger partial charge in [0.1, 0.15) is 0 Å². The van der Waals surface area contributed by atoms with Crippen LogP contribution >= 0.6 is 0 Å². The van der Waals surface area contributed by atoms with Crippen molar-refractivity contribution in [3.8, 4) is 0 Å². The van der Waals surface area contributed by atoms with Crippen molar-refractivity contribution < 1.29 is 131 Å². The zero-order valence-corrected chi connectivity index (χ0v) is 38.4. The van der Waals surface area contributed by atoms with Crippen molar-refractivity contribution in [3.05, 3.63) is 112 Å². The molecule has 4 aromatic heterocycles. The largest absolute Gasteiger partial charge is 0.451 e. The van der Waals surface area contributed by atoms with Gasteiger partial charge < -0.3 is 53.9 Å². The van der Waals surface area contributed by atoms with Gasteiger partial charge in [0.2, 0.25) is 0 Å². The second kappa shape index (κ2) is 65.1. The zero-order chi connectivity index (χ0) is 28.5. The summed E-state index contributed by atoms with van der Waals surface area (Å²) in [7, 11) is 7.75. The van der Waals surface area contributed by atoms with Crippen LogP contribution in [0.4, 0.5) is 0 Å². The summed E-state index contributed by atoms with van der Waals surface area (Å²) in [6, 6.07) is 9.53. The van der Waals surface area contributed by atoms with Gasteiger partial charge in [-0.1, -0.05) is 39.9 Å². The number of nitrogens with zero attached hydrogens (tertiary/aromatic N) is 6. The van der Waals surface area contributed by atoms with E-state index >= 15 is 0 Å². The van der Waals surface area contributed by atoms with Gasteiger partial charge in [-0.05, 0) is 28.2 Å². The molecule has 10 heteroatoms. The summed E-state index contributed by atoms with van der Waals surface area (Å²) in [6.45, 7) is 16.0. The van der Waals surface area contributed by atoms with Crippen LogP contribution in [0.1, 0.15) is 70.2 Å². The molecule has 0 aromatic carbocycles. The Labute approximate surface area is 364 Å². The van der Waals surface area contributed by atoms with Crippen LogP contribution in [0.25, 0.3) is 0 Å². The van der Waals surface area contributed by atoms with E-state index in [0.29, 0.717) is 0 Å². The maximum Gasteiger partial charge on any atom is 0 e. The van der Waals surface area contributed by atoms with Crippen molar-refractivity contribution in [2.45, 2.75) is 70.2 Å². The summed E-state index contributed by atoms with van der Waals surface area (Å²) in [5.74, 6) is 0. The van der Waals surface area contributed by atoms with E-state index in [2.05, 4.69) is 34.5 Å². The molecule has 0 saturated heterocycles. The first kappa shape index (κ1) is 69.9. The Morgan fingerprint density at radius 3 is 0.738 bits per heavy atom. The third-order valence-electron chi connectivity index (χ3n) is 2.52. The van der Waals surface area contributed by atoms with E-state index < -0.39 is 0 Å². The Bertz CT molecular complexity index is 638. The van der Waals surface area contributed by atoms with Gasteiger partial charge in [-0.3, -0.25) is 0 Å². The molecule has 0 aliphatic carbocycles. The van der Waals surface area contributed by atoms with Crippen LogP contribution in [0.5, 0.6) is 0 Å². The molecule has 0 spiro atoms. The summed E-state index contributed by atoms with van der Waals surface area (Å²) in [6.07, 6.45) is 27.8. The fourth-order valence-corrected chi connectivity index (χ4v) is 1.29. The van der Waals surface area contributed by atoms with Gasteiger partial charge in [0.05, 0.1) is 0 Å². The van der Waals surface area contributed by atoms with Gasteiger partial charge in [0.25, 0.3) is 0 Å². The average Bonchev–Trinajstić information content (AvgIpc) is 3.64. The normalized spacial score (nSPS) is 6.76. The van der Waals surface area contributed by atoms with Crippen molar-refractivity contribution in [1.29, 1.82) is 0 Å². The van der Waals surface area contributed by atoms with E-state index in [0.717, 1.165) is 0 Å². The molecule has 0 bridgehead atoms. The summed E-state index contributed by atoms with van der Waals surface area (Å²) in [5.41, 5.74) is 0. The number of aromatic nitrogens is 6. The Morgan fingerprint density at radius 1 is 0.452 bits per heavy atom. The smallest absolute Gasteiger partial charge is 0 e. The molecule has 4 aromatic rings. The number of imidazole rings is 2. The van der Waals surface area contributed by atoms with Gasteiger partial charge in [-0.2, -0.15) is 55.4 Å². The van der Waals surface area contributed by atoms with Crippen molar-refractivity contribution in [1.82, 2.24) is 28.2 Å². The van der Waals surface area contributed by atoms with Crippen LogP contribution in [0, 0.1) is 50.2 Å². The van der Waals surface area contributed by atoms with E-state index in [-0.39, 0.29) is 146 Å². The van der Waals surface area contributed by atoms with E-state index in [1.54, 1.807) is 25.0 Å². The second-order valence-electron chi connectivity index (χ2n) is 7.20. The van der Waals surface area contributed by atoms with Crippen molar-refractivity contribution in [2.75, 3.05) is 0 Å².